The average Bonchev–Trinajstić information content (AvgIpc) is 2.52. The molecule has 0 aliphatic rings. The molecule has 22 heavy (non-hydrogen) atoms. The molecule has 0 aliphatic heterocycles. The van der Waals surface area contributed by atoms with Gasteiger partial charge in [-0.25, -0.2) is 5.43 Å². The molecule has 2 aromatic carbocycles. The highest BCUT2D eigenvalue weighted by atomic mass is 16.3. The van der Waals surface area contributed by atoms with Gasteiger partial charge < -0.3 is 15.3 Å². The number of carbonyl (C=O) groups excluding carboxylic acids is 1. The molecule has 6 nitrogen and oxygen atoms in total. The quantitative estimate of drug-likeness (QED) is 0.395. The average molecular weight is 298 g/mol. The molecule has 0 unspecified atom stereocenters. The first-order valence-electron chi connectivity index (χ1n) is 6.38. The van der Waals surface area contributed by atoms with Crippen LogP contribution in [0, 0.1) is 0 Å². The lowest BCUT2D eigenvalue weighted by molar-refractivity contribution is 0.0954. The Bertz CT molecular complexity index is 701. The summed E-state index contributed by atoms with van der Waals surface area (Å²) >= 11 is 0. The van der Waals surface area contributed by atoms with E-state index >= 15 is 0 Å². The van der Waals surface area contributed by atoms with Crippen LogP contribution in [0.15, 0.2) is 53.6 Å². The zero-order chi connectivity index (χ0) is 15.9. The Morgan fingerprint density at radius 1 is 1.05 bits per heavy atom. The fourth-order valence-corrected chi connectivity index (χ4v) is 1.66. The number of rotatable bonds is 4. The summed E-state index contributed by atoms with van der Waals surface area (Å²) in [5.74, 6) is -2.47. The predicted octanol–water partition coefficient (Wildman–Crippen LogP) is 2.23. The third-order valence-electron chi connectivity index (χ3n) is 2.75. The van der Waals surface area contributed by atoms with Crippen molar-refractivity contribution < 1.29 is 20.1 Å². The molecule has 0 fully saturated rings. The molecule has 4 N–H and O–H groups in total. The molecule has 0 aliphatic carbocycles. The van der Waals surface area contributed by atoms with E-state index in [1.165, 1.54) is 6.21 Å². The van der Waals surface area contributed by atoms with Gasteiger partial charge in [0.15, 0.2) is 17.2 Å². The van der Waals surface area contributed by atoms with Crippen LogP contribution in [-0.2, 0) is 0 Å². The zero-order valence-electron chi connectivity index (χ0n) is 11.5. The van der Waals surface area contributed by atoms with Gasteiger partial charge in [0.1, 0.15) is 0 Å². The molecule has 0 radical (unpaired) electrons. The summed E-state index contributed by atoms with van der Waals surface area (Å²) in [7, 11) is 0. The highest BCUT2D eigenvalue weighted by Gasteiger charge is 2.12. The summed E-state index contributed by atoms with van der Waals surface area (Å²) in [6, 6.07) is 11.6. The van der Waals surface area contributed by atoms with E-state index in [-0.39, 0.29) is 5.56 Å². The highest BCUT2D eigenvalue weighted by molar-refractivity contribution is 5.96. The van der Waals surface area contributed by atoms with E-state index in [0.717, 1.165) is 17.7 Å². The topological polar surface area (TPSA) is 102 Å². The smallest absolute Gasteiger partial charge is 0.271 e. The number of hydrazone groups is 1. The summed E-state index contributed by atoms with van der Waals surface area (Å²) in [6.07, 6.45) is 4.86. The minimum absolute atomic E-state index is 0.0306. The molecule has 6 heteroatoms. The number of phenols is 3. The standard InChI is InChI=1S/C16H14N2O4/c19-13-9-12(10-14(20)15(13)21)16(22)18-17-8-4-7-11-5-2-1-3-6-11/h1-10,19-21H,(H,18,22)/b7-4+,17-8+. The van der Waals surface area contributed by atoms with Gasteiger partial charge in [-0.2, -0.15) is 5.10 Å². The molecule has 1 amide bonds. The van der Waals surface area contributed by atoms with Gasteiger partial charge in [-0.1, -0.05) is 36.4 Å². The zero-order valence-corrected chi connectivity index (χ0v) is 11.5. The molecular formula is C16H14N2O4. The van der Waals surface area contributed by atoms with Crippen molar-refractivity contribution in [3.63, 3.8) is 0 Å². The van der Waals surface area contributed by atoms with Crippen molar-refractivity contribution in [2.75, 3.05) is 0 Å². The number of nitrogens with one attached hydrogen (secondary N) is 1. The molecule has 0 atom stereocenters. The van der Waals surface area contributed by atoms with E-state index in [2.05, 4.69) is 10.5 Å². The second-order valence-electron chi connectivity index (χ2n) is 4.35. The van der Waals surface area contributed by atoms with Gasteiger partial charge in [0.2, 0.25) is 0 Å². The summed E-state index contributed by atoms with van der Waals surface area (Å²) in [5.41, 5.74) is 3.20. The Kier molecular flexibility index (Phi) is 4.77. The van der Waals surface area contributed by atoms with Crippen LogP contribution in [0.2, 0.25) is 0 Å². The lowest BCUT2D eigenvalue weighted by Crippen LogP contribution is -2.17. The summed E-state index contributed by atoms with van der Waals surface area (Å²) in [6.45, 7) is 0. The van der Waals surface area contributed by atoms with Crippen LogP contribution in [0.25, 0.3) is 6.08 Å². The first kappa shape index (κ1) is 15.1. The number of carbonyl (C=O) groups is 1. The number of hydrogen-bond donors (Lipinski definition) is 4. The van der Waals surface area contributed by atoms with Crippen LogP contribution in [0.5, 0.6) is 17.2 Å². The summed E-state index contributed by atoms with van der Waals surface area (Å²) in [5, 5.41) is 31.6. The maximum Gasteiger partial charge on any atom is 0.271 e. The first-order chi connectivity index (χ1) is 10.6. The molecular weight excluding hydrogens is 284 g/mol. The fourth-order valence-electron chi connectivity index (χ4n) is 1.66. The van der Waals surface area contributed by atoms with Gasteiger partial charge in [0.05, 0.1) is 0 Å². The van der Waals surface area contributed by atoms with Crippen molar-refractivity contribution in [1.82, 2.24) is 5.43 Å². The summed E-state index contributed by atoms with van der Waals surface area (Å²) < 4.78 is 0. The van der Waals surface area contributed by atoms with E-state index in [1.807, 2.05) is 36.4 Å². The van der Waals surface area contributed by atoms with Crippen LogP contribution in [0.3, 0.4) is 0 Å². The predicted molar refractivity (Wildman–Crippen MR) is 82.9 cm³/mol. The van der Waals surface area contributed by atoms with Gasteiger partial charge >= 0.3 is 0 Å². The Hall–Kier alpha value is -3.28. The molecule has 112 valence electrons. The first-order valence-corrected chi connectivity index (χ1v) is 6.38. The van der Waals surface area contributed by atoms with Crippen molar-refractivity contribution in [3.8, 4) is 17.2 Å². The molecule has 2 rings (SSSR count). The lowest BCUT2D eigenvalue weighted by atomic mass is 10.2. The van der Waals surface area contributed by atoms with Crippen LogP contribution < -0.4 is 5.43 Å². The van der Waals surface area contributed by atoms with E-state index in [0.29, 0.717) is 0 Å². The van der Waals surface area contributed by atoms with Gasteiger partial charge in [-0.3, -0.25) is 4.79 Å². The van der Waals surface area contributed by atoms with Gasteiger partial charge in [0, 0.05) is 11.8 Å². The molecule has 0 spiro atoms. The maximum atomic E-state index is 11.7. The number of amides is 1. The van der Waals surface area contributed by atoms with Gasteiger partial charge in [0.25, 0.3) is 5.91 Å². The van der Waals surface area contributed by atoms with Gasteiger partial charge in [-0.05, 0) is 23.8 Å². The molecule has 0 saturated carbocycles. The van der Waals surface area contributed by atoms with E-state index in [1.54, 1.807) is 6.08 Å². The van der Waals surface area contributed by atoms with Crippen molar-refractivity contribution >= 4 is 18.2 Å². The van der Waals surface area contributed by atoms with Crippen molar-refractivity contribution in [1.29, 1.82) is 0 Å². The van der Waals surface area contributed by atoms with Crippen LogP contribution in [0.1, 0.15) is 15.9 Å². The summed E-state index contributed by atoms with van der Waals surface area (Å²) in [4.78, 5) is 11.7. The minimum atomic E-state index is -0.675. The Balaban J connectivity index is 1.95. The SMILES string of the molecule is O=C(N/N=C/C=C/c1ccccc1)c1cc(O)c(O)c(O)c1. The minimum Gasteiger partial charge on any atom is -0.504 e. The normalized spacial score (nSPS) is 11.1. The molecule has 0 bridgehead atoms. The molecule has 0 heterocycles. The highest BCUT2D eigenvalue weighted by Crippen LogP contribution is 2.35. The van der Waals surface area contributed by atoms with Crippen molar-refractivity contribution in [2.24, 2.45) is 5.10 Å². The second-order valence-corrected chi connectivity index (χ2v) is 4.35. The number of phenolic OH excluding ortho intramolecular Hbond substituents is 3. The lowest BCUT2D eigenvalue weighted by Gasteiger charge is -2.04. The van der Waals surface area contributed by atoms with Crippen molar-refractivity contribution in [2.45, 2.75) is 0 Å². The van der Waals surface area contributed by atoms with E-state index < -0.39 is 23.2 Å². The maximum absolute atomic E-state index is 11.7. The Labute approximate surface area is 126 Å². The number of benzene rings is 2. The monoisotopic (exact) mass is 298 g/mol. The molecule has 0 aromatic heterocycles. The van der Waals surface area contributed by atoms with Crippen LogP contribution in [-0.4, -0.2) is 27.4 Å². The number of nitrogens with zero attached hydrogens (tertiary/aromatic N) is 1. The Morgan fingerprint density at radius 3 is 2.32 bits per heavy atom. The van der Waals surface area contributed by atoms with Crippen LogP contribution in [0.4, 0.5) is 0 Å². The number of allylic oxidation sites excluding steroid dienone is 1. The van der Waals surface area contributed by atoms with E-state index in [9.17, 15) is 20.1 Å². The molecule has 0 saturated heterocycles. The molecule has 2 aromatic rings. The van der Waals surface area contributed by atoms with E-state index in [4.69, 9.17) is 0 Å². The largest absolute Gasteiger partial charge is 0.504 e. The van der Waals surface area contributed by atoms with Gasteiger partial charge in [-0.15, -0.1) is 0 Å². The second kappa shape index (κ2) is 6.94. The third kappa shape index (κ3) is 3.86. The third-order valence-corrected chi connectivity index (χ3v) is 2.75. The fraction of sp³-hybridized carbons (Fsp3) is 0. The Morgan fingerprint density at radius 2 is 1.68 bits per heavy atom. The van der Waals surface area contributed by atoms with Crippen LogP contribution >= 0.6 is 0 Å². The van der Waals surface area contributed by atoms with Crippen molar-refractivity contribution in [3.05, 3.63) is 59.7 Å². The number of hydrogen-bond acceptors (Lipinski definition) is 5. The number of aromatic hydroxyl groups is 3.